The number of halogens is 1. The number of hydrogen-bond donors (Lipinski definition) is 1. The highest BCUT2D eigenvalue weighted by molar-refractivity contribution is 6.30. The average Bonchev–Trinajstić information content (AvgIpc) is 3.21. The zero-order valence-corrected chi connectivity index (χ0v) is 16.2. The van der Waals surface area contributed by atoms with Crippen LogP contribution in [0, 0.1) is 0 Å². The summed E-state index contributed by atoms with van der Waals surface area (Å²) in [7, 11) is 0. The van der Waals surface area contributed by atoms with E-state index in [-0.39, 0.29) is 12.1 Å². The minimum Gasteiger partial charge on any atom is -0.357 e. The van der Waals surface area contributed by atoms with Gasteiger partial charge >= 0.3 is 0 Å². The molecule has 2 aromatic carbocycles. The Hall–Kier alpha value is -2.63. The van der Waals surface area contributed by atoms with Crippen LogP contribution in [0.1, 0.15) is 31.1 Å². The van der Waals surface area contributed by atoms with Gasteiger partial charge in [-0.1, -0.05) is 35.9 Å². The molecule has 28 heavy (non-hydrogen) atoms. The lowest BCUT2D eigenvalue weighted by atomic mass is 10.1. The number of amides is 1. The Bertz CT molecular complexity index is 929. The molecule has 6 heteroatoms. The predicted molar refractivity (Wildman–Crippen MR) is 110 cm³/mol. The Balaban J connectivity index is 1.37. The molecule has 1 fully saturated rings. The van der Waals surface area contributed by atoms with Gasteiger partial charge in [-0.25, -0.2) is 4.68 Å². The number of aromatic nitrogens is 2. The van der Waals surface area contributed by atoms with Gasteiger partial charge in [0.1, 0.15) is 6.23 Å². The lowest BCUT2D eigenvalue weighted by molar-refractivity contribution is -0.115. The largest absolute Gasteiger partial charge is 0.357 e. The van der Waals surface area contributed by atoms with E-state index in [9.17, 15) is 4.79 Å². The maximum absolute atomic E-state index is 12.2. The van der Waals surface area contributed by atoms with Gasteiger partial charge in [-0.15, -0.1) is 0 Å². The lowest BCUT2D eigenvalue weighted by Gasteiger charge is -2.22. The minimum atomic E-state index is -0.0580. The number of ether oxygens (including phenoxy) is 1. The first-order chi connectivity index (χ1) is 13.7. The fraction of sp³-hybridized carbons (Fsp3) is 0.273. The molecule has 1 aromatic heterocycles. The summed E-state index contributed by atoms with van der Waals surface area (Å²) in [4.78, 5) is 12.2. The van der Waals surface area contributed by atoms with E-state index >= 15 is 0 Å². The molecule has 5 nitrogen and oxygen atoms in total. The number of carbonyl (C=O) groups excluding carboxylic acids is 1. The molecular weight excluding hydrogens is 374 g/mol. The molecule has 1 unspecified atom stereocenters. The Kier molecular flexibility index (Phi) is 5.74. The molecule has 1 saturated heterocycles. The molecule has 1 aliphatic rings. The van der Waals surface area contributed by atoms with E-state index in [0.717, 1.165) is 41.8 Å². The molecular formula is C22H22ClN3O2. The predicted octanol–water partition coefficient (Wildman–Crippen LogP) is 5.08. The van der Waals surface area contributed by atoms with E-state index in [1.165, 1.54) is 6.42 Å². The molecule has 4 rings (SSSR count). The van der Waals surface area contributed by atoms with Crippen LogP contribution in [0.5, 0.6) is 0 Å². The topological polar surface area (TPSA) is 56.2 Å². The number of nitrogens with zero attached hydrogens (tertiary/aromatic N) is 2. The van der Waals surface area contributed by atoms with Gasteiger partial charge in [-0.2, -0.15) is 5.10 Å². The number of benzene rings is 2. The zero-order chi connectivity index (χ0) is 19.3. The van der Waals surface area contributed by atoms with Gasteiger partial charge in [0.2, 0.25) is 5.91 Å². The van der Waals surface area contributed by atoms with Gasteiger partial charge < -0.3 is 10.1 Å². The van der Waals surface area contributed by atoms with Gasteiger partial charge in [0.25, 0.3) is 0 Å². The first kappa shape index (κ1) is 18.7. The standard InChI is InChI=1S/C22H22ClN3O2/c23-19-8-4-16(5-9-19)13-21(27)25-20-10-6-17(7-11-20)18-14-24-26(15-18)22-3-1-2-12-28-22/h4-11,14-15,22H,1-3,12-13H2,(H,25,27). The van der Waals surface area contributed by atoms with Crippen molar-refractivity contribution < 1.29 is 9.53 Å². The molecule has 0 bridgehead atoms. The molecule has 0 spiro atoms. The summed E-state index contributed by atoms with van der Waals surface area (Å²) < 4.78 is 7.68. The SMILES string of the molecule is O=C(Cc1ccc(Cl)cc1)Nc1ccc(-c2cnn(C3CCCCO3)c2)cc1. The zero-order valence-electron chi connectivity index (χ0n) is 15.5. The van der Waals surface area contributed by atoms with Crippen molar-refractivity contribution >= 4 is 23.2 Å². The van der Waals surface area contributed by atoms with Crippen LogP contribution in [0.25, 0.3) is 11.1 Å². The summed E-state index contributed by atoms with van der Waals surface area (Å²) in [6.07, 6.45) is 7.51. The normalized spacial score (nSPS) is 16.7. The Morgan fingerprint density at radius 1 is 1.11 bits per heavy atom. The van der Waals surface area contributed by atoms with Gasteiger partial charge in [0.05, 0.1) is 12.6 Å². The summed E-state index contributed by atoms with van der Waals surface area (Å²) in [5.74, 6) is -0.0580. The second-order valence-corrected chi connectivity index (χ2v) is 7.40. The van der Waals surface area contributed by atoms with Gasteiger partial charge in [0.15, 0.2) is 0 Å². The number of rotatable bonds is 5. The summed E-state index contributed by atoms with van der Waals surface area (Å²) in [6, 6.07) is 15.1. The third-order valence-corrected chi connectivity index (χ3v) is 5.08. The molecule has 1 N–H and O–H groups in total. The maximum atomic E-state index is 12.2. The highest BCUT2D eigenvalue weighted by Crippen LogP contribution is 2.26. The number of carbonyl (C=O) groups is 1. The summed E-state index contributed by atoms with van der Waals surface area (Å²) in [5, 5.41) is 8.05. The van der Waals surface area contributed by atoms with Crippen molar-refractivity contribution in [1.82, 2.24) is 9.78 Å². The fourth-order valence-corrected chi connectivity index (χ4v) is 3.44. The van der Waals surface area contributed by atoms with E-state index in [0.29, 0.717) is 11.4 Å². The first-order valence-electron chi connectivity index (χ1n) is 9.48. The second-order valence-electron chi connectivity index (χ2n) is 6.96. The average molecular weight is 396 g/mol. The quantitative estimate of drug-likeness (QED) is 0.655. The van der Waals surface area contributed by atoms with Crippen LogP contribution in [-0.2, 0) is 16.0 Å². The molecule has 2 heterocycles. The summed E-state index contributed by atoms with van der Waals surface area (Å²) >= 11 is 5.88. The van der Waals surface area contributed by atoms with Crippen LogP contribution in [0.15, 0.2) is 60.9 Å². The minimum absolute atomic E-state index is 0.0360. The third-order valence-electron chi connectivity index (χ3n) is 4.83. The van der Waals surface area contributed by atoms with E-state index < -0.39 is 0 Å². The Morgan fingerprint density at radius 2 is 1.89 bits per heavy atom. The van der Waals surface area contributed by atoms with Crippen LogP contribution in [0.2, 0.25) is 5.02 Å². The van der Waals surface area contributed by atoms with Crippen LogP contribution in [-0.4, -0.2) is 22.3 Å². The Labute approximate surface area is 169 Å². The van der Waals surface area contributed by atoms with E-state index in [1.54, 1.807) is 12.1 Å². The smallest absolute Gasteiger partial charge is 0.228 e. The molecule has 1 amide bonds. The highest BCUT2D eigenvalue weighted by Gasteiger charge is 2.16. The molecule has 0 saturated carbocycles. The van der Waals surface area contributed by atoms with Crippen molar-refractivity contribution in [3.8, 4) is 11.1 Å². The lowest BCUT2D eigenvalue weighted by Crippen LogP contribution is -2.18. The fourth-order valence-electron chi connectivity index (χ4n) is 3.32. The van der Waals surface area contributed by atoms with Crippen molar-refractivity contribution in [1.29, 1.82) is 0 Å². The highest BCUT2D eigenvalue weighted by atomic mass is 35.5. The van der Waals surface area contributed by atoms with E-state index in [1.807, 2.05) is 53.5 Å². The van der Waals surface area contributed by atoms with E-state index in [4.69, 9.17) is 16.3 Å². The maximum Gasteiger partial charge on any atom is 0.228 e. The van der Waals surface area contributed by atoms with Crippen molar-refractivity contribution in [2.24, 2.45) is 0 Å². The van der Waals surface area contributed by atoms with Gasteiger partial charge in [0, 0.05) is 29.1 Å². The third kappa shape index (κ3) is 4.61. The Morgan fingerprint density at radius 3 is 2.61 bits per heavy atom. The van der Waals surface area contributed by atoms with Crippen LogP contribution >= 0.6 is 11.6 Å². The summed E-state index contributed by atoms with van der Waals surface area (Å²) in [5.41, 5.74) is 3.78. The molecule has 0 radical (unpaired) electrons. The molecule has 0 aliphatic carbocycles. The van der Waals surface area contributed by atoms with Crippen LogP contribution in [0.3, 0.4) is 0 Å². The van der Waals surface area contributed by atoms with Crippen molar-refractivity contribution in [3.63, 3.8) is 0 Å². The monoisotopic (exact) mass is 395 g/mol. The second kappa shape index (κ2) is 8.59. The van der Waals surface area contributed by atoms with Crippen LogP contribution < -0.4 is 5.32 Å². The van der Waals surface area contributed by atoms with E-state index in [2.05, 4.69) is 10.4 Å². The van der Waals surface area contributed by atoms with Gasteiger partial charge in [-0.3, -0.25) is 4.79 Å². The van der Waals surface area contributed by atoms with Crippen LogP contribution in [0.4, 0.5) is 5.69 Å². The molecule has 1 atom stereocenters. The summed E-state index contributed by atoms with van der Waals surface area (Å²) in [6.45, 7) is 0.796. The van der Waals surface area contributed by atoms with Crippen molar-refractivity contribution in [3.05, 3.63) is 71.5 Å². The number of nitrogens with one attached hydrogen (secondary N) is 1. The molecule has 3 aromatic rings. The molecule has 1 aliphatic heterocycles. The van der Waals surface area contributed by atoms with Crippen molar-refractivity contribution in [2.75, 3.05) is 11.9 Å². The number of anilines is 1. The molecule has 144 valence electrons. The van der Waals surface area contributed by atoms with Gasteiger partial charge in [-0.05, 0) is 54.7 Å². The first-order valence-corrected chi connectivity index (χ1v) is 9.86. The number of hydrogen-bond acceptors (Lipinski definition) is 3. The van der Waals surface area contributed by atoms with Crippen molar-refractivity contribution in [2.45, 2.75) is 31.9 Å².